The van der Waals surface area contributed by atoms with Crippen LogP contribution in [0.4, 0.5) is 10.7 Å². The Kier molecular flexibility index (Phi) is 5.86. The molecule has 1 rings (SSSR count). The van der Waals surface area contributed by atoms with Crippen molar-refractivity contribution in [2.45, 2.75) is 19.8 Å². The third kappa shape index (κ3) is 4.77. The maximum Gasteiger partial charge on any atom is 0.335 e. The van der Waals surface area contributed by atoms with Gasteiger partial charge in [-0.05, 0) is 6.92 Å². The Balaban J connectivity index is 2.73. The molecule has 0 aromatic carbocycles. The second-order valence-corrected chi connectivity index (χ2v) is 3.90. The number of amides is 1. The lowest BCUT2D eigenvalue weighted by molar-refractivity contribution is -0.242. The van der Waals surface area contributed by atoms with Crippen molar-refractivity contribution in [3.8, 4) is 0 Å². The van der Waals surface area contributed by atoms with Crippen LogP contribution in [0.3, 0.4) is 0 Å². The number of hydrogen-bond donors (Lipinski definition) is 2. The van der Waals surface area contributed by atoms with Gasteiger partial charge in [0.1, 0.15) is 11.7 Å². The maximum absolute atomic E-state index is 11.3. The van der Waals surface area contributed by atoms with E-state index in [1.54, 1.807) is 0 Å². The Morgan fingerprint density at radius 2 is 2.00 bits per heavy atom. The Bertz CT molecular complexity index is 608. The Morgan fingerprint density at radius 3 is 2.59 bits per heavy atom. The predicted molar refractivity (Wildman–Crippen MR) is 68.3 cm³/mol. The second kappa shape index (κ2) is 7.61. The number of methoxy groups -OCH3 is 1. The molecule has 1 amide bonds. The van der Waals surface area contributed by atoms with Gasteiger partial charge >= 0.3 is 11.9 Å². The number of esters is 1. The SMILES string of the molecule is COC(=O)CCC(=O)O/N=C(/N)c1c(C)noc1NC(=O)[O-]. The average Bonchev–Trinajstić information content (AvgIpc) is 2.82. The molecule has 120 valence electrons. The van der Waals surface area contributed by atoms with Crippen molar-refractivity contribution in [1.82, 2.24) is 5.16 Å². The van der Waals surface area contributed by atoms with E-state index in [-0.39, 0.29) is 35.8 Å². The summed E-state index contributed by atoms with van der Waals surface area (Å²) >= 11 is 0. The Labute approximate surface area is 124 Å². The first-order valence-electron chi connectivity index (χ1n) is 5.90. The van der Waals surface area contributed by atoms with E-state index in [1.807, 2.05) is 5.32 Å². The Morgan fingerprint density at radius 1 is 1.36 bits per heavy atom. The van der Waals surface area contributed by atoms with Gasteiger partial charge in [-0.1, -0.05) is 10.3 Å². The average molecular weight is 313 g/mol. The van der Waals surface area contributed by atoms with Gasteiger partial charge in [-0.25, -0.2) is 4.79 Å². The largest absolute Gasteiger partial charge is 0.530 e. The zero-order valence-corrected chi connectivity index (χ0v) is 11.7. The van der Waals surface area contributed by atoms with Gasteiger partial charge < -0.3 is 35.0 Å². The fourth-order valence-corrected chi connectivity index (χ4v) is 1.35. The van der Waals surface area contributed by atoms with Crippen LogP contribution in [0, 0.1) is 6.92 Å². The van der Waals surface area contributed by atoms with E-state index in [1.165, 1.54) is 14.0 Å². The molecule has 0 atom stereocenters. The molecule has 11 heteroatoms. The number of aryl methyl sites for hydroxylation is 1. The minimum atomic E-state index is -1.64. The fourth-order valence-electron chi connectivity index (χ4n) is 1.35. The first-order chi connectivity index (χ1) is 10.3. The van der Waals surface area contributed by atoms with Crippen LogP contribution in [-0.2, 0) is 19.2 Å². The van der Waals surface area contributed by atoms with Gasteiger partial charge in [-0.3, -0.25) is 4.79 Å². The molecule has 0 saturated heterocycles. The maximum atomic E-state index is 11.3. The summed E-state index contributed by atoms with van der Waals surface area (Å²) in [6.07, 6.45) is -2.06. The van der Waals surface area contributed by atoms with E-state index in [0.717, 1.165) is 0 Å². The lowest BCUT2D eigenvalue weighted by Crippen LogP contribution is -2.30. The van der Waals surface area contributed by atoms with E-state index < -0.39 is 18.0 Å². The van der Waals surface area contributed by atoms with Crippen LogP contribution in [0.1, 0.15) is 24.1 Å². The smallest absolute Gasteiger partial charge is 0.335 e. The van der Waals surface area contributed by atoms with E-state index >= 15 is 0 Å². The molecule has 11 nitrogen and oxygen atoms in total. The van der Waals surface area contributed by atoms with E-state index in [2.05, 4.69) is 24.4 Å². The molecular formula is C11H13N4O7-. The highest BCUT2D eigenvalue weighted by molar-refractivity contribution is 6.04. The summed E-state index contributed by atoms with van der Waals surface area (Å²) < 4.78 is 9.04. The number of carbonyl (C=O) groups is 3. The van der Waals surface area contributed by atoms with Crippen molar-refractivity contribution in [2.75, 3.05) is 12.4 Å². The number of carbonyl (C=O) groups excluding carboxylic acids is 3. The molecule has 0 saturated carbocycles. The highest BCUT2D eigenvalue weighted by atomic mass is 16.7. The zero-order chi connectivity index (χ0) is 16.7. The minimum Gasteiger partial charge on any atom is -0.530 e. The molecule has 22 heavy (non-hydrogen) atoms. The molecule has 0 aliphatic rings. The molecule has 1 aromatic rings. The normalized spacial score (nSPS) is 10.9. The number of nitrogens with zero attached hydrogens (tertiary/aromatic N) is 2. The van der Waals surface area contributed by atoms with Crippen molar-refractivity contribution < 1.29 is 33.6 Å². The van der Waals surface area contributed by atoms with Gasteiger partial charge in [0.25, 0.3) is 0 Å². The standard InChI is InChI=1S/C11H14N4O7/c1-5-8(10(22-14-5)13-11(18)19)9(12)15-21-7(17)4-3-6(16)20-2/h13H,3-4H2,1-2H3,(H2,12,15)(H,18,19)/p-1. The van der Waals surface area contributed by atoms with Crippen molar-refractivity contribution in [2.24, 2.45) is 10.9 Å². The molecule has 0 radical (unpaired) electrons. The number of carboxylic acid groups (broad SMARTS) is 1. The lowest BCUT2D eigenvalue weighted by Gasteiger charge is -2.04. The number of hydrogen-bond acceptors (Lipinski definition) is 9. The third-order valence-corrected chi connectivity index (χ3v) is 2.34. The summed E-state index contributed by atoms with van der Waals surface area (Å²) in [5, 5.41) is 19.1. The van der Waals surface area contributed by atoms with Gasteiger partial charge in [-0.15, -0.1) is 0 Å². The number of anilines is 1. The van der Waals surface area contributed by atoms with Gasteiger partial charge in [0.05, 0.1) is 25.6 Å². The number of oxime groups is 1. The Hall–Kier alpha value is -3.11. The van der Waals surface area contributed by atoms with Crippen molar-refractivity contribution in [3.05, 3.63) is 11.3 Å². The second-order valence-electron chi connectivity index (χ2n) is 3.90. The van der Waals surface area contributed by atoms with E-state index in [4.69, 9.17) is 5.73 Å². The molecule has 0 unspecified atom stereocenters. The topological polar surface area (TPSA) is 169 Å². The molecule has 3 N–H and O–H groups in total. The number of amidine groups is 1. The molecule has 0 bridgehead atoms. The lowest BCUT2D eigenvalue weighted by atomic mass is 10.2. The summed E-state index contributed by atoms with van der Waals surface area (Å²) in [6, 6.07) is 0. The van der Waals surface area contributed by atoms with Crippen LogP contribution in [0.2, 0.25) is 0 Å². The summed E-state index contributed by atoms with van der Waals surface area (Å²) in [7, 11) is 1.18. The number of rotatable bonds is 6. The first-order valence-corrected chi connectivity index (χ1v) is 5.90. The molecule has 0 fully saturated rings. The van der Waals surface area contributed by atoms with Gasteiger partial charge in [0.2, 0.25) is 5.88 Å². The van der Waals surface area contributed by atoms with Crippen LogP contribution < -0.4 is 16.2 Å². The summed E-state index contributed by atoms with van der Waals surface area (Å²) in [5.74, 6) is -2.06. The van der Waals surface area contributed by atoms with Gasteiger partial charge in [-0.2, -0.15) is 0 Å². The number of ether oxygens (including phenoxy) is 1. The highest BCUT2D eigenvalue weighted by Crippen LogP contribution is 2.18. The van der Waals surface area contributed by atoms with Gasteiger partial charge in [0.15, 0.2) is 5.84 Å². The molecule has 0 spiro atoms. The third-order valence-electron chi connectivity index (χ3n) is 2.34. The quantitative estimate of drug-likeness (QED) is 0.216. The summed E-state index contributed by atoms with van der Waals surface area (Å²) in [4.78, 5) is 37.2. The number of nitrogens with one attached hydrogen (secondary N) is 1. The number of aromatic nitrogens is 1. The predicted octanol–water partition coefficient (Wildman–Crippen LogP) is -1.15. The molecular weight excluding hydrogens is 300 g/mol. The molecule has 1 heterocycles. The number of nitrogens with two attached hydrogens (primary N) is 1. The van der Waals surface area contributed by atoms with Crippen LogP contribution >= 0.6 is 0 Å². The van der Waals surface area contributed by atoms with Crippen LogP contribution in [-0.4, -0.2) is 36.1 Å². The monoisotopic (exact) mass is 313 g/mol. The molecule has 0 aliphatic carbocycles. The minimum absolute atomic E-state index is 0.00460. The first kappa shape index (κ1) is 16.9. The van der Waals surface area contributed by atoms with Crippen molar-refractivity contribution >= 4 is 29.8 Å². The molecule has 1 aromatic heterocycles. The summed E-state index contributed by atoms with van der Waals surface area (Å²) in [6.45, 7) is 1.47. The fraction of sp³-hybridized carbons (Fsp3) is 0.364. The molecule has 0 aliphatic heterocycles. The summed E-state index contributed by atoms with van der Waals surface area (Å²) in [5.41, 5.74) is 5.80. The van der Waals surface area contributed by atoms with Crippen molar-refractivity contribution in [1.29, 1.82) is 0 Å². The van der Waals surface area contributed by atoms with Crippen LogP contribution in [0.15, 0.2) is 9.68 Å². The van der Waals surface area contributed by atoms with Crippen LogP contribution in [0.5, 0.6) is 0 Å². The van der Waals surface area contributed by atoms with E-state index in [0.29, 0.717) is 0 Å². The zero-order valence-electron chi connectivity index (χ0n) is 11.7. The highest BCUT2D eigenvalue weighted by Gasteiger charge is 2.18. The van der Waals surface area contributed by atoms with Gasteiger partial charge in [0, 0.05) is 0 Å². The van der Waals surface area contributed by atoms with Crippen LogP contribution in [0.25, 0.3) is 0 Å². The van der Waals surface area contributed by atoms with Crippen molar-refractivity contribution in [3.63, 3.8) is 0 Å². The van der Waals surface area contributed by atoms with E-state index in [9.17, 15) is 19.5 Å².